The first-order valence-electron chi connectivity index (χ1n) is 7.22. The Morgan fingerprint density at radius 2 is 1.87 bits per heavy atom. The molecule has 1 aromatic carbocycles. The van der Waals surface area contributed by atoms with Crippen LogP contribution in [0.15, 0.2) is 40.7 Å². The van der Waals surface area contributed by atoms with Gasteiger partial charge in [0.1, 0.15) is 5.01 Å². The lowest BCUT2D eigenvalue weighted by molar-refractivity contribution is -0.142. The monoisotopic (exact) mass is 352 g/mol. The van der Waals surface area contributed by atoms with Crippen LogP contribution in [0.1, 0.15) is 12.8 Å². The minimum Gasteiger partial charge on any atom is -0.481 e. The smallest absolute Gasteiger partial charge is 0.306 e. The van der Waals surface area contributed by atoms with Crippen molar-refractivity contribution in [3.63, 3.8) is 0 Å². The second kappa shape index (κ2) is 6.38. The molecule has 2 heterocycles. The van der Waals surface area contributed by atoms with E-state index in [9.17, 15) is 13.2 Å². The number of benzene rings is 1. The summed E-state index contributed by atoms with van der Waals surface area (Å²) < 4.78 is 26.6. The van der Waals surface area contributed by atoms with Crippen molar-refractivity contribution in [1.82, 2.24) is 9.29 Å². The molecular weight excluding hydrogens is 336 g/mol. The van der Waals surface area contributed by atoms with Crippen LogP contribution in [0, 0.1) is 5.92 Å². The third kappa shape index (κ3) is 3.29. The Morgan fingerprint density at radius 3 is 2.48 bits per heavy atom. The van der Waals surface area contributed by atoms with E-state index in [0.29, 0.717) is 17.8 Å². The highest BCUT2D eigenvalue weighted by molar-refractivity contribution is 7.89. The Labute approximate surface area is 138 Å². The first kappa shape index (κ1) is 16.1. The molecule has 1 aromatic heterocycles. The number of rotatable bonds is 4. The second-order valence-corrected chi connectivity index (χ2v) is 8.12. The highest BCUT2D eigenvalue weighted by atomic mass is 32.2. The Bertz CT molecular complexity index is 794. The molecule has 1 aliphatic rings. The standard InChI is InChI=1S/C15H16N2O4S2/c18-15(19)12-6-8-17(9-7-12)23(20,21)13-10-22-14(16-13)11-4-2-1-3-5-11/h1-5,10,12H,6-9H2,(H,18,19). The number of aliphatic carboxylic acids is 1. The Balaban J connectivity index is 1.79. The van der Waals surface area contributed by atoms with Crippen molar-refractivity contribution in [2.75, 3.05) is 13.1 Å². The van der Waals surface area contributed by atoms with Gasteiger partial charge in [-0.15, -0.1) is 11.3 Å². The van der Waals surface area contributed by atoms with Crippen LogP contribution >= 0.6 is 11.3 Å². The number of thiazole rings is 1. The molecule has 1 aliphatic heterocycles. The largest absolute Gasteiger partial charge is 0.481 e. The molecule has 2 aromatic rings. The SMILES string of the molecule is O=C(O)C1CCN(S(=O)(=O)c2csc(-c3ccccc3)n2)CC1. The predicted octanol–water partition coefficient (Wildman–Crippen LogP) is 2.30. The Morgan fingerprint density at radius 1 is 1.22 bits per heavy atom. The molecule has 8 heteroatoms. The van der Waals surface area contributed by atoms with E-state index in [4.69, 9.17) is 5.11 Å². The molecule has 0 spiro atoms. The lowest BCUT2D eigenvalue weighted by atomic mass is 9.99. The molecule has 0 saturated carbocycles. The zero-order valence-electron chi connectivity index (χ0n) is 12.3. The first-order valence-corrected chi connectivity index (χ1v) is 9.54. The van der Waals surface area contributed by atoms with Gasteiger partial charge in [-0.3, -0.25) is 4.79 Å². The van der Waals surface area contributed by atoms with Gasteiger partial charge in [-0.05, 0) is 12.8 Å². The third-order valence-electron chi connectivity index (χ3n) is 3.91. The normalized spacial score (nSPS) is 17.2. The van der Waals surface area contributed by atoms with Gasteiger partial charge in [-0.25, -0.2) is 13.4 Å². The first-order chi connectivity index (χ1) is 11.0. The van der Waals surface area contributed by atoms with Crippen LogP contribution in [-0.2, 0) is 14.8 Å². The zero-order valence-corrected chi connectivity index (χ0v) is 13.9. The molecule has 3 rings (SSSR count). The summed E-state index contributed by atoms with van der Waals surface area (Å²) in [7, 11) is -3.66. The van der Waals surface area contributed by atoms with Crippen molar-refractivity contribution >= 4 is 27.3 Å². The number of carbonyl (C=O) groups is 1. The summed E-state index contributed by atoms with van der Waals surface area (Å²) in [5.41, 5.74) is 0.878. The molecule has 23 heavy (non-hydrogen) atoms. The minimum atomic E-state index is -3.66. The maximum Gasteiger partial charge on any atom is 0.306 e. The fourth-order valence-electron chi connectivity index (χ4n) is 2.57. The van der Waals surface area contributed by atoms with E-state index in [1.165, 1.54) is 15.6 Å². The number of piperidine rings is 1. The Hall–Kier alpha value is -1.77. The van der Waals surface area contributed by atoms with Gasteiger partial charge in [0.2, 0.25) is 0 Å². The van der Waals surface area contributed by atoms with Crippen molar-refractivity contribution in [2.45, 2.75) is 17.9 Å². The molecule has 0 radical (unpaired) electrons. The van der Waals surface area contributed by atoms with Crippen molar-refractivity contribution in [2.24, 2.45) is 5.92 Å². The number of hydrogen-bond acceptors (Lipinski definition) is 5. The van der Waals surface area contributed by atoms with Crippen molar-refractivity contribution in [1.29, 1.82) is 0 Å². The van der Waals surface area contributed by atoms with Crippen LogP contribution in [0.5, 0.6) is 0 Å². The topological polar surface area (TPSA) is 87.6 Å². The van der Waals surface area contributed by atoms with E-state index in [-0.39, 0.29) is 18.1 Å². The van der Waals surface area contributed by atoms with Crippen LogP contribution in [-0.4, -0.2) is 41.9 Å². The molecule has 0 atom stereocenters. The number of carboxylic acids is 1. The Kier molecular flexibility index (Phi) is 4.47. The van der Waals surface area contributed by atoms with Gasteiger partial charge in [-0.1, -0.05) is 30.3 Å². The summed E-state index contributed by atoms with van der Waals surface area (Å²) in [5, 5.41) is 11.2. The van der Waals surface area contributed by atoms with Gasteiger partial charge in [0.05, 0.1) is 5.92 Å². The summed E-state index contributed by atoms with van der Waals surface area (Å²) in [4.78, 5) is 15.2. The summed E-state index contributed by atoms with van der Waals surface area (Å²) in [6.45, 7) is 0.439. The molecule has 1 saturated heterocycles. The zero-order chi connectivity index (χ0) is 16.4. The summed E-state index contributed by atoms with van der Waals surface area (Å²) in [6, 6.07) is 9.41. The summed E-state index contributed by atoms with van der Waals surface area (Å²) in [6.07, 6.45) is 0.675. The molecule has 0 aliphatic carbocycles. The quantitative estimate of drug-likeness (QED) is 0.912. The molecule has 1 fully saturated rings. The number of nitrogens with zero attached hydrogens (tertiary/aromatic N) is 2. The molecule has 0 amide bonds. The van der Waals surface area contributed by atoms with Gasteiger partial charge in [0, 0.05) is 24.0 Å². The highest BCUT2D eigenvalue weighted by Crippen LogP contribution is 2.28. The maximum atomic E-state index is 12.6. The average molecular weight is 352 g/mol. The van der Waals surface area contributed by atoms with E-state index in [1.807, 2.05) is 30.3 Å². The van der Waals surface area contributed by atoms with Crippen LogP contribution in [0.4, 0.5) is 0 Å². The molecular formula is C15H16N2O4S2. The molecule has 0 unspecified atom stereocenters. The average Bonchev–Trinajstić information content (AvgIpc) is 3.06. The van der Waals surface area contributed by atoms with Crippen molar-refractivity contribution in [3.05, 3.63) is 35.7 Å². The van der Waals surface area contributed by atoms with Crippen molar-refractivity contribution < 1.29 is 18.3 Å². The summed E-state index contributed by atoms with van der Waals surface area (Å²) in [5.74, 6) is -1.32. The minimum absolute atomic E-state index is 0.0372. The van der Waals surface area contributed by atoms with Gasteiger partial charge in [-0.2, -0.15) is 4.31 Å². The van der Waals surface area contributed by atoms with Crippen molar-refractivity contribution in [3.8, 4) is 10.6 Å². The molecule has 122 valence electrons. The fourth-order valence-corrected chi connectivity index (χ4v) is 5.11. The predicted molar refractivity (Wildman–Crippen MR) is 86.7 cm³/mol. The number of sulfonamides is 1. The second-order valence-electron chi connectivity index (χ2n) is 5.37. The van der Waals surface area contributed by atoms with Gasteiger partial charge >= 0.3 is 5.97 Å². The van der Waals surface area contributed by atoms with Crippen LogP contribution < -0.4 is 0 Å². The fraction of sp³-hybridized carbons (Fsp3) is 0.333. The molecule has 1 N–H and O–H groups in total. The number of hydrogen-bond donors (Lipinski definition) is 1. The van der Waals surface area contributed by atoms with Gasteiger partial charge in [0.25, 0.3) is 10.0 Å². The third-order valence-corrected chi connectivity index (χ3v) is 6.73. The van der Waals surface area contributed by atoms with E-state index in [0.717, 1.165) is 5.56 Å². The lowest BCUT2D eigenvalue weighted by Gasteiger charge is -2.28. The van der Waals surface area contributed by atoms with E-state index in [1.54, 1.807) is 5.38 Å². The van der Waals surface area contributed by atoms with Gasteiger partial charge in [0.15, 0.2) is 5.03 Å². The van der Waals surface area contributed by atoms with E-state index >= 15 is 0 Å². The number of aromatic nitrogens is 1. The molecule has 6 nitrogen and oxygen atoms in total. The molecule has 0 bridgehead atoms. The number of carboxylic acid groups (broad SMARTS) is 1. The van der Waals surface area contributed by atoms with E-state index < -0.39 is 21.9 Å². The lowest BCUT2D eigenvalue weighted by Crippen LogP contribution is -2.40. The highest BCUT2D eigenvalue weighted by Gasteiger charge is 2.33. The van der Waals surface area contributed by atoms with Crippen LogP contribution in [0.25, 0.3) is 10.6 Å². The van der Waals surface area contributed by atoms with Crippen LogP contribution in [0.2, 0.25) is 0 Å². The summed E-state index contributed by atoms with van der Waals surface area (Å²) >= 11 is 1.29. The van der Waals surface area contributed by atoms with Crippen LogP contribution in [0.3, 0.4) is 0 Å². The van der Waals surface area contributed by atoms with Gasteiger partial charge < -0.3 is 5.11 Å². The van der Waals surface area contributed by atoms with E-state index in [2.05, 4.69) is 4.98 Å². The maximum absolute atomic E-state index is 12.6.